The van der Waals surface area contributed by atoms with Crippen molar-refractivity contribution in [1.82, 2.24) is 10.6 Å². The lowest BCUT2D eigenvalue weighted by Crippen LogP contribution is -2.39. The zero-order valence-corrected chi connectivity index (χ0v) is 12.3. The molecule has 0 saturated heterocycles. The second kappa shape index (κ2) is 5.57. The molecule has 1 aromatic rings. The van der Waals surface area contributed by atoms with Crippen molar-refractivity contribution in [3.05, 3.63) is 34.9 Å². The van der Waals surface area contributed by atoms with Crippen LogP contribution in [0.4, 0.5) is 0 Å². The highest BCUT2D eigenvalue weighted by Gasteiger charge is 2.34. The van der Waals surface area contributed by atoms with Crippen LogP contribution in [0.1, 0.15) is 55.7 Å². The molecule has 0 atom stereocenters. The molecule has 1 aliphatic heterocycles. The molecule has 20 heavy (non-hydrogen) atoms. The molecule has 0 radical (unpaired) electrons. The number of carbonyl (C=O) groups excluding carboxylic acids is 1. The maximum absolute atomic E-state index is 12.4. The number of nitrogens with one attached hydrogen (secondary N) is 2. The van der Waals surface area contributed by atoms with Gasteiger partial charge in [-0.3, -0.25) is 4.79 Å². The lowest BCUT2D eigenvalue weighted by Gasteiger charge is -2.32. The topological polar surface area (TPSA) is 41.1 Å². The van der Waals surface area contributed by atoms with Gasteiger partial charge >= 0.3 is 0 Å². The van der Waals surface area contributed by atoms with Crippen LogP contribution in [0, 0.1) is 5.41 Å². The van der Waals surface area contributed by atoms with Gasteiger partial charge in [0.2, 0.25) is 5.91 Å². The van der Waals surface area contributed by atoms with Gasteiger partial charge in [0.05, 0.1) is 0 Å². The maximum atomic E-state index is 12.4. The van der Waals surface area contributed by atoms with E-state index in [1.54, 1.807) is 0 Å². The van der Waals surface area contributed by atoms with E-state index in [2.05, 4.69) is 35.8 Å². The van der Waals surface area contributed by atoms with Crippen molar-refractivity contribution in [2.75, 3.05) is 0 Å². The van der Waals surface area contributed by atoms with Crippen LogP contribution in [-0.4, -0.2) is 5.91 Å². The van der Waals surface area contributed by atoms with Gasteiger partial charge in [0.25, 0.3) is 0 Å². The third kappa shape index (κ3) is 2.73. The third-order valence-electron chi connectivity index (χ3n) is 4.86. The Hall–Kier alpha value is -1.35. The molecular formula is C17H24N2O. The highest BCUT2D eigenvalue weighted by Crippen LogP contribution is 2.35. The molecule has 1 saturated carbocycles. The van der Waals surface area contributed by atoms with Crippen LogP contribution >= 0.6 is 0 Å². The van der Waals surface area contributed by atoms with Gasteiger partial charge in [-0.25, -0.2) is 0 Å². The minimum absolute atomic E-state index is 0.142. The van der Waals surface area contributed by atoms with Gasteiger partial charge in [-0.05, 0) is 29.5 Å². The van der Waals surface area contributed by atoms with E-state index in [1.807, 2.05) is 0 Å². The smallest absolute Gasteiger partial charge is 0.226 e. The molecule has 1 aliphatic carbocycles. The molecule has 2 aliphatic rings. The number of hydrogen-bond donors (Lipinski definition) is 2. The predicted octanol–water partition coefficient (Wildman–Crippen LogP) is 2.88. The van der Waals surface area contributed by atoms with Crippen LogP contribution in [0.25, 0.3) is 0 Å². The van der Waals surface area contributed by atoms with Gasteiger partial charge in [-0.15, -0.1) is 0 Å². The largest absolute Gasteiger partial charge is 0.352 e. The van der Waals surface area contributed by atoms with Crippen molar-refractivity contribution < 1.29 is 4.79 Å². The average molecular weight is 272 g/mol. The average Bonchev–Trinajstić information content (AvgIpc) is 2.93. The summed E-state index contributed by atoms with van der Waals surface area (Å²) in [5.41, 5.74) is 3.83. The first kappa shape index (κ1) is 13.6. The fourth-order valence-electron chi connectivity index (χ4n) is 3.41. The Bertz CT molecular complexity index is 504. The van der Waals surface area contributed by atoms with Crippen molar-refractivity contribution in [2.24, 2.45) is 5.41 Å². The van der Waals surface area contributed by atoms with Gasteiger partial charge < -0.3 is 10.6 Å². The zero-order valence-electron chi connectivity index (χ0n) is 12.3. The minimum atomic E-state index is -0.142. The van der Waals surface area contributed by atoms with Gasteiger partial charge in [0, 0.05) is 25.0 Å². The van der Waals surface area contributed by atoms with E-state index >= 15 is 0 Å². The zero-order chi connectivity index (χ0) is 14.0. The Kier molecular flexibility index (Phi) is 3.79. The lowest BCUT2D eigenvalue weighted by atomic mass is 9.75. The summed E-state index contributed by atoms with van der Waals surface area (Å²) >= 11 is 0. The molecular weight excluding hydrogens is 248 g/mol. The number of carbonyl (C=O) groups is 1. The van der Waals surface area contributed by atoms with Gasteiger partial charge in [0.1, 0.15) is 0 Å². The second-order valence-electron chi connectivity index (χ2n) is 6.51. The molecule has 108 valence electrons. The molecule has 0 aromatic heterocycles. The van der Waals surface area contributed by atoms with E-state index < -0.39 is 0 Å². The summed E-state index contributed by atoms with van der Waals surface area (Å²) in [6.07, 6.45) is 5.73. The lowest BCUT2D eigenvalue weighted by molar-refractivity contribution is -0.132. The van der Waals surface area contributed by atoms with Crippen LogP contribution in [-0.2, 0) is 24.4 Å². The number of benzene rings is 1. The number of amides is 1. The first-order chi connectivity index (χ1) is 9.67. The first-order valence-electron chi connectivity index (χ1n) is 7.77. The summed E-state index contributed by atoms with van der Waals surface area (Å²) in [7, 11) is 0. The van der Waals surface area contributed by atoms with E-state index in [1.165, 1.54) is 36.0 Å². The molecule has 3 nitrogen and oxygen atoms in total. The predicted molar refractivity (Wildman–Crippen MR) is 80.0 cm³/mol. The van der Waals surface area contributed by atoms with Crippen LogP contribution < -0.4 is 10.6 Å². The van der Waals surface area contributed by atoms with Crippen LogP contribution in [0.2, 0.25) is 0 Å². The summed E-state index contributed by atoms with van der Waals surface area (Å²) < 4.78 is 0. The second-order valence-corrected chi connectivity index (χ2v) is 6.51. The third-order valence-corrected chi connectivity index (χ3v) is 4.86. The fourth-order valence-corrected chi connectivity index (χ4v) is 3.41. The highest BCUT2D eigenvalue weighted by atomic mass is 16.2. The molecule has 0 spiro atoms. The Morgan fingerprint density at radius 2 is 1.95 bits per heavy atom. The summed E-state index contributed by atoms with van der Waals surface area (Å²) in [5.74, 6) is 0.232. The van der Waals surface area contributed by atoms with Crippen molar-refractivity contribution in [3.63, 3.8) is 0 Å². The monoisotopic (exact) mass is 272 g/mol. The molecule has 0 unspecified atom stereocenters. The molecule has 1 aromatic carbocycles. The summed E-state index contributed by atoms with van der Waals surface area (Å²) in [6.45, 7) is 4.70. The summed E-state index contributed by atoms with van der Waals surface area (Å²) in [5, 5.41) is 6.49. The van der Waals surface area contributed by atoms with Crippen LogP contribution in [0.5, 0.6) is 0 Å². The molecule has 3 heteroatoms. The molecule has 1 fully saturated rings. The van der Waals surface area contributed by atoms with E-state index in [0.717, 1.165) is 25.9 Å². The minimum Gasteiger partial charge on any atom is -0.352 e. The van der Waals surface area contributed by atoms with E-state index in [4.69, 9.17) is 0 Å². The van der Waals surface area contributed by atoms with E-state index in [9.17, 15) is 4.79 Å². The van der Waals surface area contributed by atoms with Crippen molar-refractivity contribution in [1.29, 1.82) is 0 Å². The Morgan fingerprint density at radius 1 is 1.20 bits per heavy atom. The molecule has 1 amide bonds. The Labute approximate surface area is 121 Å². The Balaban J connectivity index is 1.60. The molecule has 1 heterocycles. The highest BCUT2D eigenvalue weighted by molar-refractivity contribution is 5.82. The number of hydrogen-bond acceptors (Lipinski definition) is 2. The fraction of sp³-hybridized carbons (Fsp3) is 0.588. The molecule has 2 N–H and O–H groups in total. The summed E-state index contributed by atoms with van der Waals surface area (Å²) in [4.78, 5) is 12.4. The summed E-state index contributed by atoms with van der Waals surface area (Å²) in [6, 6.07) is 6.53. The quantitative estimate of drug-likeness (QED) is 0.888. The number of fused-ring (bicyclic) bond motifs is 1. The van der Waals surface area contributed by atoms with Gasteiger partial charge in [-0.1, -0.05) is 44.4 Å². The van der Waals surface area contributed by atoms with Gasteiger partial charge in [-0.2, -0.15) is 0 Å². The van der Waals surface area contributed by atoms with Crippen molar-refractivity contribution >= 4 is 5.91 Å². The van der Waals surface area contributed by atoms with Crippen LogP contribution in [0.15, 0.2) is 18.2 Å². The standard InChI is InChI=1S/C17H24N2O/c1-17(7-3-2-4-8-17)16(20)19-10-13-5-6-14-11-18-12-15(14)9-13/h5-6,9,18H,2-4,7-8,10-12H2,1H3,(H,19,20). The molecule has 3 rings (SSSR count). The normalized spacial score (nSPS) is 20.4. The van der Waals surface area contributed by atoms with Crippen molar-refractivity contribution in [2.45, 2.75) is 58.7 Å². The SMILES string of the molecule is CC1(C(=O)NCc2ccc3c(c2)CNC3)CCCCC1. The molecule has 0 bridgehead atoms. The maximum Gasteiger partial charge on any atom is 0.226 e. The Morgan fingerprint density at radius 3 is 2.75 bits per heavy atom. The first-order valence-corrected chi connectivity index (χ1v) is 7.77. The number of rotatable bonds is 3. The van der Waals surface area contributed by atoms with Crippen LogP contribution in [0.3, 0.4) is 0 Å². The van der Waals surface area contributed by atoms with E-state index in [0.29, 0.717) is 6.54 Å². The van der Waals surface area contributed by atoms with E-state index in [-0.39, 0.29) is 11.3 Å². The van der Waals surface area contributed by atoms with Crippen molar-refractivity contribution in [3.8, 4) is 0 Å². The van der Waals surface area contributed by atoms with Gasteiger partial charge in [0.15, 0.2) is 0 Å².